The van der Waals surface area contributed by atoms with E-state index in [-0.39, 0.29) is 0 Å². The van der Waals surface area contributed by atoms with E-state index in [1.165, 1.54) is 11.1 Å². The van der Waals surface area contributed by atoms with Gasteiger partial charge in [-0.2, -0.15) is 0 Å². The van der Waals surface area contributed by atoms with Gasteiger partial charge in [-0.3, -0.25) is 0 Å². The Morgan fingerprint density at radius 3 is 2.36 bits per heavy atom. The van der Waals surface area contributed by atoms with Gasteiger partial charge < -0.3 is 14.8 Å². The highest BCUT2D eigenvalue weighted by Crippen LogP contribution is 2.12. The fraction of sp³-hybridized carbons (Fsp3) is 0.368. The minimum atomic E-state index is 0.591. The number of benzene rings is 2. The maximum atomic E-state index is 5.55. The highest BCUT2D eigenvalue weighted by Gasteiger charge is 1.96. The molecule has 0 radical (unpaired) electrons. The third kappa shape index (κ3) is 6.29. The molecule has 2 aromatic carbocycles. The number of methoxy groups -OCH3 is 1. The lowest BCUT2D eigenvalue weighted by Crippen LogP contribution is -2.15. The minimum Gasteiger partial charge on any atom is -0.491 e. The molecular formula is C19H25NO2. The summed E-state index contributed by atoms with van der Waals surface area (Å²) in [5.41, 5.74) is 2.68. The molecule has 0 amide bonds. The average molecular weight is 299 g/mol. The highest BCUT2D eigenvalue weighted by atomic mass is 16.5. The molecule has 0 bridgehead atoms. The summed E-state index contributed by atoms with van der Waals surface area (Å²) in [5, 5.41) is 3.48. The smallest absolute Gasteiger partial charge is 0.119 e. The van der Waals surface area contributed by atoms with E-state index in [0.29, 0.717) is 13.2 Å². The topological polar surface area (TPSA) is 30.5 Å². The summed E-state index contributed by atoms with van der Waals surface area (Å²) in [6.45, 7) is 3.13. The lowest BCUT2D eigenvalue weighted by molar-refractivity contribution is 0.146. The Kier molecular flexibility index (Phi) is 7.50. The van der Waals surface area contributed by atoms with Crippen molar-refractivity contribution in [2.24, 2.45) is 0 Å². The van der Waals surface area contributed by atoms with Gasteiger partial charge in [0.05, 0.1) is 6.61 Å². The number of hydrogen-bond acceptors (Lipinski definition) is 3. The zero-order chi connectivity index (χ0) is 15.5. The second kappa shape index (κ2) is 9.98. The molecule has 2 rings (SSSR count). The molecule has 0 aromatic heterocycles. The highest BCUT2D eigenvalue weighted by molar-refractivity contribution is 5.27. The third-order valence-electron chi connectivity index (χ3n) is 3.47. The maximum absolute atomic E-state index is 5.55. The van der Waals surface area contributed by atoms with E-state index in [4.69, 9.17) is 9.47 Å². The summed E-state index contributed by atoms with van der Waals surface area (Å²) >= 11 is 0. The Balaban J connectivity index is 1.60. The maximum Gasteiger partial charge on any atom is 0.119 e. The van der Waals surface area contributed by atoms with Gasteiger partial charge in [0, 0.05) is 13.7 Å². The predicted molar refractivity (Wildman–Crippen MR) is 90.3 cm³/mol. The van der Waals surface area contributed by atoms with E-state index in [0.717, 1.165) is 31.7 Å². The van der Waals surface area contributed by atoms with Gasteiger partial charge >= 0.3 is 0 Å². The first-order valence-corrected chi connectivity index (χ1v) is 7.84. The summed E-state index contributed by atoms with van der Waals surface area (Å²) in [6, 6.07) is 18.8. The number of nitrogens with one attached hydrogen (secondary N) is 1. The fourth-order valence-electron chi connectivity index (χ4n) is 2.24. The van der Waals surface area contributed by atoms with Crippen molar-refractivity contribution < 1.29 is 9.47 Å². The normalized spacial score (nSPS) is 10.6. The average Bonchev–Trinajstić information content (AvgIpc) is 2.57. The van der Waals surface area contributed by atoms with Crippen LogP contribution in [0.1, 0.15) is 17.5 Å². The molecule has 0 atom stereocenters. The molecule has 118 valence electrons. The summed E-state index contributed by atoms with van der Waals surface area (Å²) < 4.78 is 10.5. The van der Waals surface area contributed by atoms with Crippen molar-refractivity contribution in [3.63, 3.8) is 0 Å². The van der Waals surface area contributed by atoms with Gasteiger partial charge in [0.1, 0.15) is 12.4 Å². The van der Waals surface area contributed by atoms with Crippen molar-refractivity contribution in [2.75, 3.05) is 26.9 Å². The van der Waals surface area contributed by atoms with Crippen LogP contribution >= 0.6 is 0 Å². The van der Waals surface area contributed by atoms with Crippen molar-refractivity contribution in [1.29, 1.82) is 0 Å². The van der Waals surface area contributed by atoms with Crippen LogP contribution in [0.15, 0.2) is 54.6 Å². The molecule has 0 saturated heterocycles. The van der Waals surface area contributed by atoms with Gasteiger partial charge in [0.15, 0.2) is 0 Å². The minimum absolute atomic E-state index is 0.591. The first-order chi connectivity index (χ1) is 10.9. The summed E-state index contributed by atoms with van der Waals surface area (Å²) in [5.74, 6) is 0.893. The number of ether oxygens (including phenoxy) is 2. The van der Waals surface area contributed by atoms with Crippen molar-refractivity contribution in [3.8, 4) is 5.75 Å². The molecule has 3 nitrogen and oxygen atoms in total. The van der Waals surface area contributed by atoms with Crippen LogP contribution in [0, 0.1) is 0 Å². The van der Waals surface area contributed by atoms with Crippen LogP contribution < -0.4 is 10.1 Å². The summed E-state index contributed by atoms with van der Waals surface area (Å²) in [6.07, 6.45) is 2.28. The van der Waals surface area contributed by atoms with Gasteiger partial charge in [-0.05, 0) is 42.6 Å². The lowest BCUT2D eigenvalue weighted by atomic mass is 10.1. The van der Waals surface area contributed by atoms with Crippen molar-refractivity contribution in [1.82, 2.24) is 5.32 Å². The monoisotopic (exact) mass is 299 g/mol. The Morgan fingerprint density at radius 2 is 1.64 bits per heavy atom. The van der Waals surface area contributed by atoms with Gasteiger partial charge in [0.25, 0.3) is 0 Å². The third-order valence-corrected chi connectivity index (χ3v) is 3.47. The molecule has 22 heavy (non-hydrogen) atoms. The number of rotatable bonds is 10. The van der Waals surface area contributed by atoms with Crippen LogP contribution in [0.25, 0.3) is 0 Å². The van der Waals surface area contributed by atoms with Crippen molar-refractivity contribution in [3.05, 3.63) is 65.7 Å². The fourth-order valence-corrected chi connectivity index (χ4v) is 2.24. The standard InChI is InChI=1S/C19H25NO2/c1-21-14-15-22-19-11-9-18(10-12-19)16-20-13-5-8-17-6-3-2-4-7-17/h2-4,6-7,9-12,20H,5,8,13-16H2,1H3. The zero-order valence-corrected chi connectivity index (χ0v) is 13.3. The summed E-state index contributed by atoms with van der Waals surface area (Å²) in [7, 11) is 1.68. The molecule has 0 aliphatic rings. The predicted octanol–water partition coefficient (Wildman–Crippen LogP) is 3.43. The van der Waals surface area contributed by atoms with E-state index in [1.807, 2.05) is 12.1 Å². The zero-order valence-electron chi connectivity index (χ0n) is 13.3. The van der Waals surface area contributed by atoms with Crippen LogP contribution in [-0.2, 0) is 17.7 Å². The van der Waals surface area contributed by atoms with E-state index in [1.54, 1.807) is 7.11 Å². The Bertz CT molecular complexity index is 511. The Labute approximate surface area is 133 Å². The molecule has 0 aliphatic carbocycles. The Morgan fingerprint density at radius 1 is 0.864 bits per heavy atom. The molecule has 1 N–H and O–H groups in total. The van der Waals surface area contributed by atoms with Gasteiger partial charge in [-0.1, -0.05) is 42.5 Å². The molecule has 2 aromatic rings. The van der Waals surface area contributed by atoms with E-state index in [2.05, 4.69) is 47.8 Å². The second-order valence-corrected chi connectivity index (χ2v) is 5.25. The number of aryl methyl sites for hydroxylation is 1. The van der Waals surface area contributed by atoms with Crippen LogP contribution in [0.3, 0.4) is 0 Å². The molecule has 0 unspecified atom stereocenters. The van der Waals surface area contributed by atoms with E-state index >= 15 is 0 Å². The summed E-state index contributed by atoms with van der Waals surface area (Å²) in [4.78, 5) is 0. The second-order valence-electron chi connectivity index (χ2n) is 5.25. The quantitative estimate of drug-likeness (QED) is 0.682. The Hall–Kier alpha value is -1.84. The molecule has 0 fully saturated rings. The molecule has 0 heterocycles. The molecule has 0 aliphatic heterocycles. The first-order valence-electron chi connectivity index (χ1n) is 7.84. The SMILES string of the molecule is COCCOc1ccc(CNCCCc2ccccc2)cc1. The first kappa shape index (κ1) is 16.5. The van der Waals surface area contributed by atoms with Gasteiger partial charge in [-0.15, -0.1) is 0 Å². The van der Waals surface area contributed by atoms with Crippen LogP contribution in [0.4, 0.5) is 0 Å². The van der Waals surface area contributed by atoms with Crippen LogP contribution in [0.5, 0.6) is 5.75 Å². The largest absolute Gasteiger partial charge is 0.491 e. The van der Waals surface area contributed by atoms with Crippen LogP contribution in [0.2, 0.25) is 0 Å². The molecule has 0 saturated carbocycles. The van der Waals surface area contributed by atoms with Gasteiger partial charge in [0.2, 0.25) is 0 Å². The molecule has 3 heteroatoms. The van der Waals surface area contributed by atoms with Crippen molar-refractivity contribution in [2.45, 2.75) is 19.4 Å². The van der Waals surface area contributed by atoms with Crippen molar-refractivity contribution >= 4 is 0 Å². The van der Waals surface area contributed by atoms with Gasteiger partial charge in [-0.25, -0.2) is 0 Å². The van der Waals surface area contributed by atoms with E-state index in [9.17, 15) is 0 Å². The van der Waals surface area contributed by atoms with E-state index < -0.39 is 0 Å². The number of hydrogen-bond donors (Lipinski definition) is 1. The van der Waals surface area contributed by atoms with Crippen LogP contribution in [-0.4, -0.2) is 26.9 Å². The molecule has 0 spiro atoms. The molecular weight excluding hydrogens is 274 g/mol. The lowest BCUT2D eigenvalue weighted by Gasteiger charge is -2.08.